The Bertz CT molecular complexity index is 796. The Labute approximate surface area is 166 Å². The van der Waals surface area contributed by atoms with Crippen LogP contribution in [0.15, 0.2) is 53.5 Å². The average Bonchev–Trinajstić information content (AvgIpc) is 3.37. The van der Waals surface area contributed by atoms with Gasteiger partial charge in [-0.3, -0.25) is 9.79 Å². The molecule has 4 rings (SSSR count). The molecule has 1 saturated heterocycles. The standard InChI is InChI=1S/C21H24N4O.ClH/c26-20(25-13-1-2-14-25)18-7-3-16(4-8-18)15-17-5-9-19(10-6-17)24-21-22-11-12-23-21;/h3-10H,1-2,11-15H2,(H2,22,23,24);1H. The van der Waals surface area contributed by atoms with Crippen LogP contribution in [0.1, 0.15) is 34.3 Å². The number of carbonyl (C=O) groups excluding carboxylic acids is 1. The summed E-state index contributed by atoms with van der Waals surface area (Å²) in [6.07, 6.45) is 3.10. The molecule has 2 aliphatic heterocycles. The van der Waals surface area contributed by atoms with Crippen molar-refractivity contribution in [3.05, 3.63) is 65.2 Å². The third kappa shape index (κ3) is 4.80. The zero-order chi connectivity index (χ0) is 17.8. The first-order chi connectivity index (χ1) is 12.8. The molecule has 1 amide bonds. The highest BCUT2D eigenvalue weighted by Crippen LogP contribution is 2.17. The zero-order valence-electron chi connectivity index (χ0n) is 15.3. The van der Waals surface area contributed by atoms with E-state index in [1.807, 2.05) is 17.0 Å². The molecule has 2 aliphatic rings. The summed E-state index contributed by atoms with van der Waals surface area (Å²) in [5.74, 6) is 1.00. The fourth-order valence-electron chi connectivity index (χ4n) is 3.43. The predicted molar refractivity (Wildman–Crippen MR) is 112 cm³/mol. The summed E-state index contributed by atoms with van der Waals surface area (Å²) in [5, 5.41) is 6.48. The van der Waals surface area contributed by atoms with Crippen molar-refractivity contribution in [2.24, 2.45) is 4.99 Å². The third-order valence-electron chi connectivity index (χ3n) is 4.89. The number of likely N-dealkylation sites (tertiary alicyclic amines) is 1. The molecule has 5 nitrogen and oxygen atoms in total. The SMILES string of the molecule is Cl.O=C(c1ccc(Cc2ccc(NC3=NCCN3)cc2)cc1)N1CCCC1. The van der Waals surface area contributed by atoms with E-state index in [1.54, 1.807) is 0 Å². The van der Waals surface area contributed by atoms with E-state index in [4.69, 9.17) is 0 Å². The largest absolute Gasteiger partial charge is 0.354 e. The third-order valence-corrected chi connectivity index (χ3v) is 4.89. The Hall–Kier alpha value is -2.53. The van der Waals surface area contributed by atoms with Gasteiger partial charge in [-0.1, -0.05) is 24.3 Å². The van der Waals surface area contributed by atoms with Crippen LogP contribution in [0.3, 0.4) is 0 Å². The van der Waals surface area contributed by atoms with Gasteiger partial charge in [0, 0.05) is 30.9 Å². The normalized spacial score (nSPS) is 15.7. The van der Waals surface area contributed by atoms with Crippen LogP contribution in [-0.4, -0.2) is 42.9 Å². The quantitative estimate of drug-likeness (QED) is 0.850. The summed E-state index contributed by atoms with van der Waals surface area (Å²) in [7, 11) is 0. The highest BCUT2D eigenvalue weighted by atomic mass is 35.5. The highest BCUT2D eigenvalue weighted by molar-refractivity contribution is 5.95. The lowest BCUT2D eigenvalue weighted by Crippen LogP contribution is -2.27. The van der Waals surface area contributed by atoms with E-state index in [-0.39, 0.29) is 18.3 Å². The lowest BCUT2D eigenvalue weighted by molar-refractivity contribution is 0.0793. The van der Waals surface area contributed by atoms with E-state index in [0.29, 0.717) is 0 Å². The second-order valence-electron chi connectivity index (χ2n) is 6.85. The molecular formula is C21H25ClN4O. The highest BCUT2D eigenvalue weighted by Gasteiger charge is 2.19. The molecule has 0 bridgehead atoms. The van der Waals surface area contributed by atoms with Crippen molar-refractivity contribution < 1.29 is 4.79 Å². The van der Waals surface area contributed by atoms with Crippen molar-refractivity contribution in [2.75, 3.05) is 31.5 Å². The number of anilines is 1. The minimum absolute atomic E-state index is 0. The van der Waals surface area contributed by atoms with Crippen LogP contribution < -0.4 is 10.6 Å². The summed E-state index contributed by atoms with van der Waals surface area (Å²) in [4.78, 5) is 18.7. The molecule has 0 aliphatic carbocycles. The first-order valence-electron chi connectivity index (χ1n) is 9.30. The number of hydrogen-bond donors (Lipinski definition) is 2. The van der Waals surface area contributed by atoms with Gasteiger partial charge in [-0.15, -0.1) is 12.4 Å². The number of halogens is 1. The topological polar surface area (TPSA) is 56.7 Å². The lowest BCUT2D eigenvalue weighted by atomic mass is 10.0. The molecule has 0 unspecified atom stereocenters. The molecule has 2 aromatic rings. The molecule has 1 fully saturated rings. The molecule has 0 aromatic heterocycles. The van der Waals surface area contributed by atoms with Crippen LogP contribution >= 0.6 is 12.4 Å². The molecule has 2 aromatic carbocycles. The van der Waals surface area contributed by atoms with Crippen molar-refractivity contribution in [1.82, 2.24) is 10.2 Å². The van der Waals surface area contributed by atoms with Crippen LogP contribution in [0, 0.1) is 0 Å². The van der Waals surface area contributed by atoms with Crippen LogP contribution in [0.25, 0.3) is 0 Å². The summed E-state index contributed by atoms with van der Waals surface area (Å²) >= 11 is 0. The van der Waals surface area contributed by atoms with Crippen LogP contribution in [-0.2, 0) is 6.42 Å². The van der Waals surface area contributed by atoms with E-state index < -0.39 is 0 Å². The van der Waals surface area contributed by atoms with E-state index in [0.717, 1.165) is 62.7 Å². The lowest BCUT2D eigenvalue weighted by Gasteiger charge is -2.15. The fourth-order valence-corrected chi connectivity index (χ4v) is 3.43. The maximum absolute atomic E-state index is 12.4. The number of aliphatic imine (C=N–C) groups is 1. The minimum Gasteiger partial charge on any atom is -0.354 e. The van der Waals surface area contributed by atoms with Gasteiger partial charge in [0.05, 0.1) is 6.54 Å². The summed E-state index contributed by atoms with van der Waals surface area (Å²) < 4.78 is 0. The zero-order valence-corrected chi connectivity index (χ0v) is 16.1. The number of guanidine groups is 1. The molecule has 0 atom stereocenters. The van der Waals surface area contributed by atoms with Gasteiger partial charge in [0.1, 0.15) is 0 Å². The van der Waals surface area contributed by atoms with E-state index in [1.165, 1.54) is 11.1 Å². The first kappa shape index (κ1) is 19.2. The van der Waals surface area contributed by atoms with Crippen molar-refractivity contribution >= 4 is 30.0 Å². The van der Waals surface area contributed by atoms with Gasteiger partial charge in [-0.05, 0) is 54.7 Å². The predicted octanol–water partition coefficient (Wildman–Crippen LogP) is 3.31. The Morgan fingerprint density at radius 1 is 1.00 bits per heavy atom. The fraction of sp³-hybridized carbons (Fsp3) is 0.333. The Morgan fingerprint density at radius 2 is 1.63 bits per heavy atom. The van der Waals surface area contributed by atoms with Crippen LogP contribution in [0.2, 0.25) is 0 Å². The Balaban J connectivity index is 0.00000210. The van der Waals surface area contributed by atoms with Gasteiger partial charge in [0.25, 0.3) is 5.91 Å². The van der Waals surface area contributed by atoms with Crippen molar-refractivity contribution in [3.63, 3.8) is 0 Å². The molecule has 2 N–H and O–H groups in total. The second-order valence-corrected chi connectivity index (χ2v) is 6.85. The number of amides is 1. The molecule has 0 spiro atoms. The maximum atomic E-state index is 12.4. The second kappa shape index (κ2) is 8.91. The minimum atomic E-state index is 0. The number of hydrogen-bond acceptors (Lipinski definition) is 4. The van der Waals surface area contributed by atoms with E-state index in [2.05, 4.69) is 52.0 Å². The molecule has 0 saturated carbocycles. The first-order valence-corrected chi connectivity index (χ1v) is 9.30. The van der Waals surface area contributed by atoms with Crippen molar-refractivity contribution in [1.29, 1.82) is 0 Å². The number of nitrogens with zero attached hydrogens (tertiary/aromatic N) is 2. The summed E-state index contributed by atoms with van der Waals surface area (Å²) in [5.41, 5.74) is 4.29. The summed E-state index contributed by atoms with van der Waals surface area (Å²) in [6.45, 7) is 3.51. The molecule has 0 radical (unpaired) electrons. The molecule has 2 heterocycles. The molecular weight excluding hydrogens is 360 g/mol. The number of rotatable bonds is 4. The van der Waals surface area contributed by atoms with Gasteiger partial charge in [0.15, 0.2) is 5.96 Å². The van der Waals surface area contributed by atoms with Gasteiger partial charge in [-0.2, -0.15) is 0 Å². The van der Waals surface area contributed by atoms with E-state index >= 15 is 0 Å². The smallest absolute Gasteiger partial charge is 0.253 e. The monoisotopic (exact) mass is 384 g/mol. The Kier molecular flexibility index (Phi) is 6.35. The van der Waals surface area contributed by atoms with E-state index in [9.17, 15) is 4.79 Å². The van der Waals surface area contributed by atoms with Gasteiger partial charge < -0.3 is 15.5 Å². The van der Waals surface area contributed by atoms with Crippen molar-refractivity contribution in [3.8, 4) is 0 Å². The maximum Gasteiger partial charge on any atom is 0.253 e. The van der Waals surface area contributed by atoms with Gasteiger partial charge in [-0.25, -0.2) is 0 Å². The molecule has 142 valence electrons. The van der Waals surface area contributed by atoms with Gasteiger partial charge >= 0.3 is 0 Å². The number of carbonyl (C=O) groups is 1. The average molecular weight is 385 g/mol. The Morgan fingerprint density at radius 3 is 2.22 bits per heavy atom. The number of nitrogens with one attached hydrogen (secondary N) is 2. The number of benzene rings is 2. The molecule has 27 heavy (non-hydrogen) atoms. The van der Waals surface area contributed by atoms with Crippen LogP contribution in [0.4, 0.5) is 5.69 Å². The summed E-state index contributed by atoms with van der Waals surface area (Å²) in [6, 6.07) is 16.4. The molecule has 6 heteroatoms. The van der Waals surface area contributed by atoms with Crippen molar-refractivity contribution in [2.45, 2.75) is 19.3 Å². The van der Waals surface area contributed by atoms with Crippen LogP contribution in [0.5, 0.6) is 0 Å². The van der Waals surface area contributed by atoms with Gasteiger partial charge in [0.2, 0.25) is 0 Å².